The maximum Gasteiger partial charge on any atom is 0.242 e. The molecule has 1 unspecified atom stereocenters. The Labute approximate surface area is 118 Å². The molecule has 0 saturated carbocycles. The number of sulfonamides is 1. The Morgan fingerprint density at radius 1 is 1.45 bits per heavy atom. The van der Waals surface area contributed by atoms with E-state index in [4.69, 9.17) is 5.73 Å². The summed E-state index contributed by atoms with van der Waals surface area (Å²) < 4.78 is 27.0. The van der Waals surface area contributed by atoms with Crippen LogP contribution in [0.4, 0.5) is 5.69 Å². The average Bonchev–Trinajstić information content (AvgIpc) is 2.80. The van der Waals surface area contributed by atoms with Gasteiger partial charge in [-0.1, -0.05) is 6.92 Å². The Balaban J connectivity index is 2.35. The largest absolute Gasteiger partial charge is 0.399 e. The topological polar surface area (TPSA) is 108 Å². The number of aliphatic hydroxyl groups is 1. The second kappa shape index (κ2) is 5.08. The monoisotopic (exact) mass is 297 g/mol. The molecule has 0 saturated heterocycles. The first-order valence-electron chi connectivity index (χ1n) is 6.34. The molecule has 1 heterocycles. The highest BCUT2D eigenvalue weighted by Gasteiger charge is 2.24. The van der Waals surface area contributed by atoms with Gasteiger partial charge in [0.2, 0.25) is 10.0 Å². The molecule has 1 atom stereocenters. The van der Waals surface area contributed by atoms with Gasteiger partial charge in [-0.25, -0.2) is 13.1 Å². The number of aromatic amines is 1. The van der Waals surface area contributed by atoms with Crippen LogP contribution in [0, 0.1) is 0 Å². The summed E-state index contributed by atoms with van der Waals surface area (Å²) in [5.41, 5.74) is 5.81. The van der Waals surface area contributed by atoms with E-state index in [1.807, 2.05) is 0 Å². The summed E-state index contributed by atoms with van der Waals surface area (Å²) in [4.78, 5) is 3.03. The van der Waals surface area contributed by atoms with Crippen molar-refractivity contribution in [2.24, 2.45) is 0 Å². The fourth-order valence-electron chi connectivity index (χ4n) is 1.79. The smallest absolute Gasteiger partial charge is 0.242 e. The van der Waals surface area contributed by atoms with Crippen molar-refractivity contribution >= 4 is 26.6 Å². The van der Waals surface area contributed by atoms with Crippen LogP contribution in [-0.2, 0) is 10.0 Å². The lowest BCUT2D eigenvalue weighted by molar-refractivity contribution is 0.0613. The van der Waals surface area contributed by atoms with Crippen molar-refractivity contribution in [3.8, 4) is 0 Å². The maximum atomic E-state index is 12.3. The van der Waals surface area contributed by atoms with Crippen molar-refractivity contribution in [2.75, 3.05) is 12.3 Å². The third-order valence-electron chi connectivity index (χ3n) is 3.36. The predicted octanol–water partition coefficient (Wildman–Crippen LogP) is 1.19. The van der Waals surface area contributed by atoms with E-state index in [-0.39, 0.29) is 11.4 Å². The number of aromatic nitrogens is 1. The highest BCUT2D eigenvalue weighted by atomic mass is 32.2. The second-order valence-electron chi connectivity index (χ2n) is 5.13. The highest BCUT2D eigenvalue weighted by Crippen LogP contribution is 2.24. The van der Waals surface area contributed by atoms with Crippen LogP contribution >= 0.6 is 0 Å². The summed E-state index contributed by atoms with van der Waals surface area (Å²) in [6, 6.07) is 5.04. The van der Waals surface area contributed by atoms with E-state index >= 15 is 0 Å². The molecule has 0 aliphatic carbocycles. The van der Waals surface area contributed by atoms with Crippen LogP contribution in [0.5, 0.6) is 0 Å². The summed E-state index contributed by atoms with van der Waals surface area (Å²) in [6.45, 7) is 3.34. The number of rotatable bonds is 5. The lowest BCUT2D eigenvalue weighted by Gasteiger charge is -2.21. The third kappa shape index (κ3) is 2.95. The van der Waals surface area contributed by atoms with Crippen molar-refractivity contribution in [1.82, 2.24) is 9.71 Å². The van der Waals surface area contributed by atoms with Gasteiger partial charge in [0.25, 0.3) is 0 Å². The first-order chi connectivity index (χ1) is 9.25. The Morgan fingerprint density at radius 3 is 2.80 bits per heavy atom. The van der Waals surface area contributed by atoms with E-state index in [0.717, 1.165) is 0 Å². The van der Waals surface area contributed by atoms with Crippen molar-refractivity contribution in [3.63, 3.8) is 0 Å². The van der Waals surface area contributed by atoms with Crippen molar-refractivity contribution in [2.45, 2.75) is 30.8 Å². The van der Waals surface area contributed by atoms with Gasteiger partial charge in [-0.2, -0.15) is 0 Å². The number of anilines is 1. The molecule has 5 N–H and O–H groups in total. The molecule has 6 nitrogen and oxygen atoms in total. The van der Waals surface area contributed by atoms with E-state index in [1.165, 1.54) is 6.20 Å². The first kappa shape index (κ1) is 14.8. The molecule has 2 aromatic rings. The van der Waals surface area contributed by atoms with Gasteiger partial charge in [0, 0.05) is 29.3 Å². The van der Waals surface area contributed by atoms with Gasteiger partial charge in [-0.05, 0) is 31.5 Å². The molecular formula is C13H19N3O3S. The zero-order valence-electron chi connectivity index (χ0n) is 11.5. The number of benzene rings is 1. The molecule has 0 spiro atoms. The molecule has 1 aromatic heterocycles. The Morgan fingerprint density at radius 2 is 2.15 bits per heavy atom. The molecule has 2 rings (SSSR count). The van der Waals surface area contributed by atoms with Gasteiger partial charge in [0.1, 0.15) is 4.90 Å². The number of hydrogen-bond acceptors (Lipinski definition) is 4. The van der Waals surface area contributed by atoms with Gasteiger partial charge < -0.3 is 15.8 Å². The van der Waals surface area contributed by atoms with Crippen molar-refractivity contribution < 1.29 is 13.5 Å². The van der Waals surface area contributed by atoms with E-state index in [2.05, 4.69) is 9.71 Å². The number of H-pyrrole nitrogens is 1. The molecule has 0 aliphatic rings. The predicted molar refractivity (Wildman–Crippen MR) is 78.8 cm³/mol. The average molecular weight is 297 g/mol. The van der Waals surface area contributed by atoms with E-state index in [9.17, 15) is 13.5 Å². The van der Waals surface area contributed by atoms with E-state index in [0.29, 0.717) is 23.0 Å². The van der Waals surface area contributed by atoms with Gasteiger partial charge in [-0.3, -0.25) is 0 Å². The quantitative estimate of drug-likeness (QED) is 0.622. The van der Waals surface area contributed by atoms with Crippen LogP contribution in [0.25, 0.3) is 10.9 Å². The summed E-state index contributed by atoms with van der Waals surface area (Å²) in [5, 5.41) is 10.4. The van der Waals surface area contributed by atoms with Crippen molar-refractivity contribution in [3.05, 3.63) is 24.4 Å². The van der Waals surface area contributed by atoms with E-state index in [1.54, 1.807) is 32.0 Å². The minimum Gasteiger partial charge on any atom is -0.399 e. The third-order valence-corrected chi connectivity index (χ3v) is 4.80. The van der Waals surface area contributed by atoms with Crippen molar-refractivity contribution in [1.29, 1.82) is 0 Å². The van der Waals surface area contributed by atoms with Crippen LogP contribution in [0.2, 0.25) is 0 Å². The fourth-order valence-corrected chi connectivity index (χ4v) is 3.12. The molecule has 110 valence electrons. The molecular weight excluding hydrogens is 278 g/mol. The molecule has 0 amide bonds. The lowest BCUT2D eigenvalue weighted by atomic mass is 10.1. The Kier molecular flexibility index (Phi) is 3.77. The minimum atomic E-state index is -3.70. The van der Waals surface area contributed by atoms with Crippen LogP contribution in [0.15, 0.2) is 29.3 Å². The standard InChI is InChI=1S/C13H19N3O3S/c1-3-13(2,17)8-16-20(18,19)12-7-15-11-5-4-9(14)6-10(11)12/h4-7,15-17H,3,8,14H2,1-2H3. The summed E-state index contributed by atoms with van der Waals surface area (Å²) in [5.74, 6) is 0. The first-order valence-corrected chi connectivity index (χ1v) is 7.82. The van der Waals surface area contributed by atoms with Gasteiger partial charge in [-0.15, -0.1) is 0 Å². The lowest BCUT2D eigenvalue weighted by Crippen LogP contribution is -2.39. The summed E-state index contributed by atoms with van der Waals surface area (Å²) >= 11 is 0. The highest BCUT2D eigenvalue weighted by molar-refractivity contribution is 7.89. The number of hydrogen-bond donors (Lipinski definition) is 4. The Hall–Kier alpha value is -1.57. The zero-order chi connectivity index (χ0) is 15.0. The van der Waals surface area contributed by atoms with E-state index < -0.39 is 15.6 Å². The van der Waals surface area contributed by atoms with Gasteiger partial charge >= 0.3 is 0 Å². The molecule has 7 heteroatoms. The van der Waals surface area contributed by atoms with Crippen LogP contribution in [0.3, 0.4) is 0 Å². The van der Waals surface area contributed by atoms with Crippen LogP contribution < -0.4 is 10.5 Å². The SMILES string of the molecule is CCC(C)(O)CNS(=O)(=O)c1c[nH]c2ccc(N)cc12. The number of fused-ring (bicyclic) bond motifs is 1. The van der Waals surface area contributed by atoms with Crippen LogP contribution in [0.1, 0.15) is 20.3 Å². The normalized spacial score (nSPS) is 15.3. The fraction of sp³-hybridized carbons (Fsp3) is 0.385. The number of nitrogens with two attached hydrogens (primary N) is 1. The number of nitrogen functional groups attached to an aromatic ring is 1. The number of nitrogens with one attached hydrogen (secondary N) is 2. The molecule has 0 aliphatic heterocycles. The molecule has 20 heavy (non-hydrogen) atoms. The molecule has 0 fully saturated rings. The van der Waals surface area contributed by atoms with Gasteiger partial charge in [0.15, 0.2) is 0 Å². The maximum absolute atomic E-state index is 12.3. The Bertz CT molecular complexity index is 720. The van der Waals surface area contributed by atoms with Gasteiger partial charge in [0.05, 0.1) is 5.60 Å². The summed E-state index contributed by atoms with van der Waals surface area (Å²) in [7, 11) is -3.70. The molecule has 1 aromatic carbocycles. The minimum absolute atomic E-state index is 0.0409. The summed E-state index contributed by atoms with van der Waals surface area (Å²) in [6.07, 6.45) is 1.88. The zero-order valence-corrected chi connectivity index (χ0v) is 12.3. The molecule has 0 radical (unpaired) electrons. The van der Waals surface area contributed by atoms with Crippen LogP contribution in [-0.4, -0.2) is 30.7 Å². The molecule has 0 bridgehead atoms. The second-order valence-corrected chi connectivity index (χ2v) is 6.87.